The lowest BCUT2D eigenvalue weighted by atomic mass is 10.1. The normalized spacial score (nSPS) is 15.1. The lowest BCUT2D eigenvalue weighted by Gasteiger charge is -2.38. The molecule has 6 heteroatoms. The summed E-state index contributed by atoms with van der Waals surface area (Å²) in [6.45, 7) is 13.0. The average molecular weight is 460 g/mol. The van der Waals surface area contributed by atoms with E-state index in [4.69, 9.17) is 4.74 Å². The second-order valence-corrected chi connectivity index (χ2v) is 6.22. The third-order valence-electron chi connectivity index (χ3n) is 4.66. The third kappa shape index (κ3) is 6.33. The van der Waals surface area contributed by atoms with E-state index in [1.165, 1.54) is 16.8 Å². The third-order valence-corrected chi connectivity index (χ3v) is 4.66. The van der Waals surface area contributed by atoms with E-state index in [1.807, 2.05) is 14.0 Å². The van der Waals surface area contributed by atoms with Gasteiger partial charge in [-0.2, -0.15) is 0 Å². The average Bonchev–Trinajstić information content (AvgIpc) is 2.61. The summed E-state index contributed by atoms with van der Waals surface area (Å²) in [6.07, 6.45) is 1.01. The van der Waals surface area contributed by atoms with Crippen LogP contribution < -0.4 is 10.2 Å². The van der Waals surface area contributed by atoms with Gasteiger partial charge in [-0.25, -0.2) is 0 Å². The van der Waals surface area contributed by atoms with Gasteiger partial charge in [0.1, 0.15) is 0 Å². The number of nitrogens with one attached hydrogen (secondary N) is 1. The molecule has 1 aliphatic heterocycles. The van der Waals surface area contributed by atoms with Crippen LogP contribution in [0.15, 0.2) is 23.2 Å². The molecule has 1 aromatic rings. The first-order chi connectivity index (χ1) is 11.7. The number of hydrogen-bond donors (Lipinski definition) is 1. The number of piperazine rings is 1. The summed E-state index contributed by atoms with van der Waals surface area (Å²) in [5.74, 6) is 1.01. The maximum Gasteiger partial charge on any atom is 0.193 e. The van der Waals surface area contributed by atoms with Crippen molar-refractivity contribution in [2.75, 3.05) is 57.9 Å². The number of benzene rings is 1. The Morgan fingerprint density at radius 3 is 2.56 bits per heavy atom. The van der Waals surface area contributed by atoms with Gasteiger partial charge in [-0.3, -0.25) is 4.99 Å². The molecule has 0 atom stereocenters. The molecule has 1 N–H and O–H groups in total. The fourth-order valence-corrected chi connectivity index (χ4v) is 3.09. The predicted octanol–water partition coefficient (Wildman–Crippen LogP) is 3.05. The van der Waals surface area contributed by atoms with Crippen molar-refractivity contribution in [2.45, 2.75) is 27.2 Å². The van der Waals surface area contributed by atoms with Crippen LogP contribution >= 0.6 is 24.0 Å². The number of rotatable bonds is 6. The lowest BCUT2D eigenvalue weighted by Crippen LogP contribution is -2.52. The number of aliphatic imine (C=N–C) groups is 1. The van der Waals surface area contributed by atoms with Gasteiger partial charge in [0.2, 0.25) is 0 Å². The first kappa shape index (κ1) is 22.0. The van der Waals surface area contributed by atoms with Crippen LogP contribution in [0.2, 0.25) is 0 Å². The molecule has 1 fully saturated rings. The summed E-state index contributed by atoms with van der Waals surface area (Å²) < 4.78 is 5.38. The number of aryl methyl sites for hydroxylation is 1. The van der Waals surface area contributed by atoms with E-state index < -0.39 is 0 Å². The monoisotopic (exact) mass is 460 g/mol. The highest BCUT2D eigenvalue weighted by Gasteiger charge is 2.20. The maximum atomic E-state index is 5.38. The molecule has 0 bridgehead atoms. The van der Waals surface area contributed by atoms with Gasteiger partial charge in [0, 0.05) is 58.7 Å². The molecule has 0 unspecified atom stereocenters. The van der Waals surface area contributed by atoms with E-state index in [0.29, 0.717) is 0 Å². The minimum atomic E-state index is 0. The molecule has 1 aromatic carbocycles. The zero-order chi connectivity index (χ0) is 17.4. The molecule has 1 saturated heterocycles. The fraction of sp³-hybridized carbons (Fsp3) is 0.632. The van der Waals surface area contributed by atoms with Gasteiger partial charge < -0.3 is 19.9 Å². The highest BCUT2D eigenvalue weighted by Crippen LogP contribution is 2.23. The van der Waals surface area contributed by atoms with E-state index in [2.05, 4.69) is 52.2 Å². The van der Waals surface area contributed by atoms with Crippen LogP contribution in [0.4, 0.5) is 5.69 Å². The smallest absolute Gasteiger partial charge is 0.193 e. The first-order valence-electron chi connectivity index (χ1n) is 9.01. The van der Waals surface area contributed by atoms with Crippen LogP contribution in [0.3, 0.4) is 0 Å². The Morgan fingerprint density at radius 2 is 1.92 bits per heavy atom. The minimum absolute atomic E-state index is 0. The van der Waals surface area contributed by atoms with Crippen molar-refractivity contribution in [3.63, 3.8) is 0 Å². The van der Waals surface area contributed by atoms with Crippen LogP contribution in [-0.4, -0.2) is 63.8 Å². The van der Waals surface area contributed by atoms with Crippen LogP contribution in [0.1, 0.15) is 24.5 Å². The van der Waals surface area contributed by atoms with E-state index >= 15 is 0 Å². The summed E-state index contributed by atoms with van der Waals surface area (Å²) >= 11 is 0. The van der Waals surface area contributed by atoms with Crippen LogP contribution in [0, 0.1) is 13.8 Å². The molecule has 5 nitrogen and oxygen atoms in total. The van der Waals surface area contributed by atoms with Gasteiger partial charge in [0.15, 0.2) is 5.96 Å². The largest absolute Gasteiger partial charge is 0.382 e. The van der Waals surface area contributed by atoms with E-state index in [-0.39, 0.29) is 24.0 Å². The molecule has 0 aromatic heterocycles. The number of halogens is 1. The van der Waals surface area contributed by atoms with Gasteiger partial charge in [0.05, 0.1) is 0 Å². The van der Waals surface area contributed by atoms with Gasteiger partial charge in [0.25, 0.3) is 0 Å². The van der Waals surface area contributed by atoms with Gasteiger partial charge >= 0.3 is 0 Å². The van der Waals surface area contributed by atoms with Gasteiger partial charge in [-0.05, 0) is 44.4 Å². The van der Waals surface area contributed by atoms with Crippen molar-refractivity contribution >= 4 is 35.6 Å². The van der Waals surface area contributed by atoms with Crippen molar-refractivity contribution < 1.29 is 4.74 Å². The molecule has 0 spiro atoms. The summed E-state index contributed by atoms with van der Waals surface area (Å²) in [4.78, 5) is 9.27. The number of ether oxygens (including phenoxy) is 1. The van der Waals surface area contributed by atoms with Crippen molar-refractivity contribution in [2.24, 2.45) is 4.99 Å². The molecule has 142 valence electrons. The quantitative estimate of drug-likeness (QED) is 0.307. The molecule has 0 saturated carbocycles. The Labute approximate surface area is 169 Å². The Bertz CT molecular complexity index is 542. The Kier molecular flexibility index (Phi) is 10.2. The standard InChI is InChI=1S/C19H32N4O.HI/c1-5-24-15-7-10-21-19(20-4)23-13-11-22(12-14-23)18-9-6-8-16(2)17(18)3;/h6,8-9H,5,7,10-15H2,1-4H3,(H,20,21);1H. The van der Waals surface area contributed by atoms with Crippen molar-refractivity contribution in [1.82, 2.24) is 10.2 Å². The second-order valence-electron chi connectivity index (χ2n) is 6.22. The minimum Gasteiger partial charge on any atom is -0.382 e. The van der Waals surface area contributed by atoms with E-state index in [0.717, 1.165) is 58.3 Å². The number of anilines is 1. The SMILES string of the molecule is CCOCCCNC(=NC)N1CCN(c2cccc(C)c2C)CC1.I. The van der Waals surface area contributed by atoms with Gasteiger partial charge in [-0.1, -0.05) is 12.1 Å². The molecule has 0 aliphatic carbocycles. The summed E-state index contributed by atoms with van der Waals surface area (Å²) in [5.41, 5.74) is 4.13. The summed E-state index contributed by atoms with van der Waals surface area (Å²) in [6, 6.07) is 6.57. The molecule has 2 rings (SSSR count). The maximum absolute atomic E-state index is 5.38. The van der Waals surface area contributed by atoms with Crippen LogP contribution in [0.5, 0.6) is 0 Å². The van der Waals surface area contributed by atoms with Gasteiger partial charge in [-0.15, -0.1) is 24.0 Å². The number of nitrogens with zero attached hydrogens (tertiary/aromatic N) is 3. The zero-order valence-electron chi connectivity index (χ0n) is 16.0. The Balaban J connectivity index is 0.00000312. The molecule has 0 radical (unpaired) electrons. The van der Waals surface area contributed by atoms with Crippen molar-refractivity contribution in [3.05, 3.63) is 29.3 Å². The molecule has 1 heterocycles. The van der Waals surface area contributed by atoms with Crippen LogP contribution in [0.25, 0.3) is 0 Å². The van der Waals surface area contributed by atoms with Crippen LogP contribution in [-0.2, 0) is 4.74 Å². The van der Waals surface area contributed by atoms with E-state index in [1.54, 1.807) is 0 Å². The Hall–Kier alpha value is -1.02. The number of guanidine groups is 1. The first-order valence-corrected chi connectivity index (χ1v) is 9.01. The topological polar surface area (TPSA) is 40.1 Å². The Morgan fingerprint density at radius 1 is 1.20 bits per heavy atom. The van der Waals surface area contributed by atoms with Crippen molar-refractivity contribution in [1.29, 1.82) is 0 Å². The lowest BCUT2D eigenvalue weighted by molar-refractivity contribution is 0.145. The second kappa shape index (κ2) is 11.6. The molecule has 25 heavy (non-hydrogen) atoms. The molecular formula is C19H33IN4O. The van der Waals surface area contributed by atoms with E-state index in [9.17, 15) is 0 Å². The van der Waals surface area contributed by atoms with Crippen molar-refractivity contribution in [3.8, 4) is 0 Å². The molecule has 0 amide bonds. The summed E-state index contributed by atoms with van der Waals surface area (Å²) in [7, 11) is 1.86. The number of hydrogen-bond acceptors (Lipinski definition) is 3. The zero-order valence-corrected chi connectivity index (χ0v) is 18.4. The highest BCUT2D eigenvalue weighted by molar-refractivity contribution is 14.0. The fourth-order valence-electron chi connectivity index (χ4n) is 3.09. The highest BCUT2D eigenvalue weighted by atomic mass is 127. The molecule has 1 aliphatic rings. The summed E-state index contributed by atoms with van der Waals surface area (Å²) in [5, 5.41) is 3.45. The molecular weight excluding hydrogens is 427 g/mol. The predicted molar refractivity (Wildman–Crippen MR) is 118 cm³/mol.